The van der Waals surface area contributed by atoms with Crippen molar-refractivity contribution in [1.29, 1.82) is 0 Å². The van der Waals surface area contributed by atoms with E-state index in [2.05, 4.69) is 0 Å². The molecule has 0 aliphatic rings. The lowest BCUT2D eigenvalue weighted by molar-refractivity contribution is 0.0980. The van der Waals surface area contributed by atoms with Gasteiger partial charge in [0.15, 0.2) is 15.6 Å². The van der Waals surface area contributed by atoms with E-state index in [4.69, 9.17) is 16.3 Å². The molecule has 1 atom stereocenters. The highest BCUT2D eigenvalue weighted by atomic mass is 35.5. The average molecular weight is 429 g/mol. The van der Waals surface area contributed by atoms with Crippen LogP contribution in [-0.2, 0) is 9.84 Å². The zero-order chi connectivity index (χ0) is 21.0. The minimum Gasteiger partial charge on any atom is -0.497 e. The van der Waals surface area contributed by atoms with Crippen LogP contribution in [0.5, 0.6) is 5.75 Å². The van der Waals surface area contributed by atoms with Gasteiger partial charge in [-0.3, -0.25) is 4.79 Å². The second-order valence-electron chi connectivity index (χ2n) is 6.72. The van der Waals surface area contributed by atoms with Gasteiger partial charge in [-0.1, -0.05) is 47.5 Å². The second-order valence-corrected chi connectivity index (χ2v) is 9.26. The van der Waals surface area contributed by atoms with Gasteiger partial charge >= 0.3 is 0 Å². The molecule has 3 aromatic rings. The molecule has 0 fully saturated rings. The van der Waals surface area contributed by atoms with Crippen molar-refractivity contribution in [2.75, 3.05) is 7.11 Å². The molecular formula is C23H21ClO4S. The van der Waals surface area contributed by atoms with Crippen LogP contribution in [0.4, 0.5) is 0 Å². The fourth-order valence-electron chi connectivity index (χ4n) is 3.08. The fourth-order valence-corrected chi connectivity index (χ4v) is 5.17. The Bertz CT molecular complexity index is 1100. The topological polar surface area (TPSA) is 60.4 Å². The van der Waals surface area contributed by atoms with Crippen molar-refractivity contribution in [2.45, 2.75) is 23.5 Å². The van der Waals surface area contributed by atoms with Crippen molar-refractivity contribution in [3.63, 3.8) is 0 Å². The number of ether oxygens (including phenoxy) is 1. The molecule has 0 saturated carbocycles. The molecule has 29 heavy (non-hydrogen) atoms. The van der Waals surface area contributed by atoms with Gasteiger partial charge in [-0.25, -0.2) is 8.42 Å². The summed E-state index contributed by atoms with van der Waals surface area (Å²) in [5, 5.41) is -0.774. The van der Waals surface area contributed by atoms with E-state index in [-0.39, 0.29) is 17.1 Å². The van der Waals surface area contributed by atoms with Crippen LogP contribution >= 0.6 is 11.6 Å². The van der Waals surface area contributed by atoms with E-state index in [1.165, 1.54) is 0 Å². The Kier molecular flexibility index (Phi) is 6.40. The van der Waals surface area contributed by atoms with Crippen molar-refractivity contribution in [3.05, 3.63) is 94.5 Å². The number of Topliss-reactive ketones (excluding diaryl/α,β-unsaturated/α-hetero) is 1. The Balaban J connectivity index is 2.02. The summed E-state index contributed by atoms with van der Waals surface area (Å²) in [5.74, 6) is 0.338. The van der Waals surface area contributed by atoms with Gasteiger partial charge in [0.2, 0.25) is 0 Å². The lowest BCUT2D eigenvalue weighted by Gasteiger charge is -2.19. The summed E-state index contributed by atoms with van der Waals surface area (Å²) in [6.07, 6.45) is -0.216. The van der Waals surface area contributed by atoms with Crippen LogP contribution in [-0.4, -0.2) is 21.3 Å². The number of halogens is 1. The van der Waals surface area contributed by atoms with Crippen molar-refractivity contribution >= 4 is 27.2 Å². The summed E-state index contributed by atoms with van der Waals surface area (Å²) < 4.78 is 32.0. The molecule has 0 heterocycles. The minimum absolute atomic E-state index is 0.163. The summed E-state index contributed by atoms with van der Waals surface area (Å²) in [6.45, 7) is 1.88. The van der Waals surface area contributed by atoms with E-state index in [0.29, 0.717) is 21.9 Å². The number of ketones is 1. The molecule has 6 heteroatoms. The lowest BCUT2D eigenvalue weighted by Crippen LogP contribution is -2.18. The average Bonchev–Trinajstić information content (AvgIpc) is 2.73. The van der Waals surface area contributed by atoms with Crippen molar-refractivity contribution in [2.24, 2.45) is 0 Å². The molecule has 0 unspecified atom stereocenters. The molecule has 0 radical (unpaired) electrons. The number of hydrogen-bond donors (Lipinski definition) is 0. The minimum atomic E-state index is -3.84. The third-order valence-electron chi connectivity index (χ3n) is 4.76. The maximum atomic E-state index is 13.4. The van der Waals surface area contributed by atoms with Gasteiger partial charge in [0.25, 0.3) is 0 Å². The van der Waals surface area contributed by atoms with Crippen LogP contribution in [0.1, 0.15) is 33.2 Å². The van der Waals surface area contributed by atoms with Crippen LogP contribution in [0.25, 0.3) is 0 Å². The zero-order valence-corrected chi connectivity index (χ0v) is 17.7. The Morgan fingerprint density at radius 1 is 0.966 bits per heavy atom. The molecule has 0 bridgehead atoms. The first-order valence-electron chi connectivity index (χ1n) is 9.05. The molecular weight excluding hydrogens is 408 g/mol. The first-order chi connectivity index (χ1) is 13.8. The van der Waals surface area contributed by atoms with Gasteiger partial charge in [-0.2, -0.15) is 0 Å². The molecule has 0 amide bonds. The fraction of sp³-hybridized carbons (Fsp3) is 0.174. The summed E-state index contributed by atoms with van der Waals surface area (Å²) in [5.41, 5.74) is 1.78. The van der Waals surface area contributed by atoms with Gasteiger partial charge in [0.1, 0.15) is 5.75 Å². The number of aryl methyl sites for hydroxylation is 1. The van der Waals surface area contributed by atoms with E-state index in [0.717, 1.165) is 5.56 Å². The maximum absolute atomic E-state index is 13.4. The first kappa shape index (κ1) is 21.1. The van der Waals surface area contributed by atoms with Crippen molar-refractivity contribution < 1.29 is 17.9 Å². The van der Waals surface area contributed by atoms with Crippen LogP contribution < -0.4 is 4.74 Å². The lowest BCUT2D eigenvalue weighted by atomic mass is 10.0. The van der Waals surface area contributed by atoms with E-state index < -0.39 is 15.1 Å². The van der Waals surface area contributed by atoms with E-state index >= 15 is 0 Å². The van der Waals surface area contributed by atoms with Crippen LogP contribution in [0.15, 0.2) is 77.7 Å². The molecule has 0 saturated heterocycles. The predicted molar refractivity (Wildman–Crippen MR) is 114 cm³/mol. The number of hydrogen-bond acceptors (Lipinski definition) is 4. The van der Waals surface area contributed by atoms with Gasteiger partial charge < -0.3 is 4.74 Å². The highest BCUT2D eigenvalue weighted by molar-refractivity contribution is 7.91. The number of sulfone groups is 1. The molecule has 0 aliphatic heterocycles. The Morgan fingerprint density at radius 2 is 1.59 bits per heavy atom. The number of carbonyl (C=O) groups excluding carboxylic acids is 1. The Morgan fingerprint density at radius 3 is 2.17 bits per heavy atom. The maximum Gasteiger partial charge on any atom is 0.185 e. The number of benzene rings is 3. The standard InChI is InChI=1S/C23H21ClO4S/c1-16-7-13-19(14-8-16)29(26,27)23(20-5-3-4-6-21(20)24)15-22(25)17-9-11-18(28-2)12-10-17/h3-14,23H,15H2,1-2H3/t23-/m0/s1. The molecule has 0 aromatic heterocycles. The third-order valence-corrected chi connectivity index (χ3v) is 7.20. The smallest absolute Gasteiger partial charge is 0.185 e. The van der Waals surface area contributed by atoms with Crippen LogP contribution in [0.2, 0.25) is 5.02 Å². The molecule has 3 rings (SSSR count). The van der Waals surface area contributed by atoms with E-state index in [9.17, 15) is 13.2 Å². The normalized spacial score (nSPS) is 12.4. The Hall–Kier alpha value is -2.63. The molecule has 0 N–H and O–H groups in total. The SMILES string of the molecule is COc1ccc(C(=O)C[C@@H](c2ccccc2Cl)S(=O)(=O)c2ccc(C)cc2)cc1. The molecule has 150 valence electrons. The van der Waals surface area contributed by atoms with Crippen LogP contribution in [0.3, 0.4) is 0 Å². The third kappa shape index (κ3) is 4.69. The number of carbonyl (C=O) groups is 1. The van der Waals surface area contributed by atoms with Crippen LogP contribution in [0, 0.1) is 6.92 Å². The quantitative estimate of drug-likeness (QED) is 0.470. The molecule has 4 nitrogen and oxygen atoms in total. The number of methoxy groups -OCH3 is 1. The van der Waals surface area contributed by atoms with Gasteiger partial charge in [-0.05, 0) is 55.0 Å². The highest BCUT2D eigenvalue weighted by Crippen LogP contribution is 2.36. The van der Waals surface area contributed by atoms with Gasteiger partial charge in [-0.15, -0.1) is 0 Å². The summed E-state index contributed by atoms with van der Waals surface area (Å²) >= 11 is 6.31. The summed E-state index contributed by atoms with van der Waals surface area (Å²) in [6, 6.07) is 19.9. The zero-order valence-electron chi connectivity index (χ0n) is 16.1. The van der Waals surface area contributed by atoms with Gasteiger partial charge in [0, 0.05) is 17.0 Å². The monoisotopic (exact) mass is 428 g/mol. The van der Waals surface area contributed by atoms with Crippen molar-refractivity contribution in [1.82, 2.24) is 0 Å². The van der Waals surface area contributed by atoms with Crippen molar-refractivity contribution in [3.8, 4) is 5.75 Å². The van der Waals surface area contributed by atoms with E-state index in [1.54, 1.807) is 79.9 Å². The highest BCUT2D eigenvalue weighted by Gasteiger charge is 2.33. The van der Waals surface area contributed by atoms with E-state index in [1.807, 2.05) is 6.92 Å². The number of rotatable bonds is 7. The molecule has 3 aromatic carbocycles. The molecule has 0 spiro atoms. The second kappa shape index (κ2) is 8.80. The largest absolute Gasteiger partial charge is 0.497 e. The summed E-state index contributed by atoms with van der Waals surface area (Å²) in [4.78, 5) is 13.1. The van der Waals surface area contributed by atoms with Gasteiger partial charge in [0.05, 0.1) is 17.3 Å². The first-order valence-corrected chi connectivity index (χ1v) is 11.0. The Labute approximate surface area is 176 Å². The molecule has 0 aliphatic carbocycles. The predicted octanol–water partition coefficient (Wildman–Crippen LogP) is 5.45. The summed E-state index contributed by atoms with van der Waals surface area (Å²) in [7, 11) is -2.30.